The number of hydrogen-bond donors (Lipinski definition) is 1. The molecule has 2 nitrogen and oxygen atoms in total. The van der Waals surface area contributed by atoms with Crippen molar-refractivity contribution in [1.82, 2.24) is 5.32 Å². The van der Waals surface area contributed by atoms with Crippen LogP contribution in [0.2, 0.25) is 0 Å². The molecular weight excluding hydrogens is 150 g/mol. The van der Waals surface area contributed by atoms with Crippen molar-refractivity contribution in [2.75, 3.05) is 13.7 Å². The molecule has 1 heterocycles. The molecule has 1 aliphatic heterocycles. The fourth-order valence-corrected chi connectivity index (χ4v) is 2.38. The molecule has 1 fully saturated rings. The molecule has 1 N–H and O–H groups in total. The van der Waals surface area contributed by atoms with Gasteiger partial charge in [-0.2, -0.15) is 0 Å². The van der Waals surface area contributed by atoms with Crippen LogP contribution in [0.5, 0.6) is 0 Å². The van der Waals surface area contributed by atoms with Crippen molar-refractivity contribution in [1.29, 1.82) is 0 Å². The van der Waals surface area contributed by atoms with Gasteiger partial charge in [-0.05, 0) is 40.7 Å². The van der Waals surface area contributed by atoms with Gasteiger partial charge in [0.15, 0.2) is 0 Å². The second kappa shape index (κ2) is 3.00. The first-order valence-electron chi connectivity index (χ1n) is 4.70. The van der Waals surface area contributed by atoms with Gasteiger partial charge in [0.2, 0.25) is 0 Å². The summed E-state index contributed by atoms with van der Waals surface area (Å²) >= 11 is 0. The lowest BCUT2D eigenvalue weighted by atomic mass is 9.77. The molecule has 1 saturated heterocycles. The lowest BCUT2D eigenvalue weighted by Gasteiger charge is -2.38. The SMILES string of the molecule is COC(C)(C)C1CCNC1(C)C. The van der Waals surface area contributed by atoms with Crippen molar-refractivity contribution in [3.63, 3.8) is 0 Å². The van der Waals surface area contributed by atoms with Gasteiger partial charge in [0, 0.05) is 18.6 Å². The molecule has 0 saturated carbocycles. The summed E-state index contributed by atoms with van der Waals surface area (Å²) in [5.41, 5.74) is 0.215. The molecule has 1 unspecified atom stereocenters. The largest absolute Gasteiger partial charge is 0.378 e. The highest BCUT2D eigenvalue weighted by Gasteiger charge is 2.43. The molecule has 0 bridgehead atoms. The molecule has 0 radical (unpaired) electrons. The first kappa shape index (κ1) is 10.0. The average Bonchev–Trinajstić information content (AvgIpc) is 2.30. The highest BCUT2D eigenvalue weighted by atomic mass is 16.5. The molecule has 0 aromatic heterocycles. The van der Waals surface area contributed by atoms with Crippen LogP contribution < -0.4 is 5.32 Å². The van der Waals surface area contributed by atoms with E-state index >= 15 is 0 Å². The summed E-state index contributed by atoms with van der Waals surface area (Å²) < 4.78 is 5.52. The number of hydrogen-bond acceptors (Lipinski definition) is 2. The fourth-order valence-electron chi connectivity index (χ4n) is 2.38. The van der Waals surface area contributed by atoms with Crippen molar-refractivity contribution >= 4 is 0 Å². The first-order chi connectivity index (χ1) is 5.40. The minimum absolute atomic E-state index is 0.00694. The zero-order chi connectivity index (χ0) is 9.41. The zero-order valence-electron chi connectivity index (χ0n) is 8.90. The van der Waals surface area contributed by atoms with Gasteiger partial charge in [-0.25, -0.2) is 0 Å². The Bertz CT molecular complexity index is 163. The van der Waals surface area contributed by atoms with Crippen LogP contribution in [-0.4, -0.2) is 24.8 Å². The van der Waals surface area contributed by atoms with Crippen LogP contribution in [-0.2, 0) is 4.74 Å². The van der Waals surface area contributed by atoms with Crippen LogP contribution >= 0.6 is 0 Å². The standard InChI is InChI=1S/C10H21NO/c1-9(2)8(6-7-11-9)10(3,4)12-5/h8,11H,6-7H2,1-5H3. The molecule has 1 rings (SSSR count). The van der Waals surface area contributed by atoms with E-state index in [1.54, 1.807) is 7.11 Å². The van der Waals surface area contributed by atoms with Crippen LogP contribution in [0.3, 0.4) is 0 Å². The van der Waals surface area contributed by atoms with E-state index in [1.165, 1.54) is 6.42 Å². The predicted octanol–water partition coefficient (Wildman–Crippen LogP) is 1.80. The maximum absolute atomic E-state index is 5.52. The summed E-state index contributed by atoms with van der Waals surface area (Å²) in [7, 11) is 1.80. The van der Waals surface area contributed by atoms with Gasteiger partial charge in [-0.3, -0.25) is 0 Å². The van der Waals surface area contributed by atoms with Crippen molar-refractivity contribution in [2.24, 2.45) is 5.92 Å². The highest BCUT2D eigenvalue weighted by Crippen LogP contribution is 2.36. The Kier molecular flexibility index (Phi) is 2.50. The van der Waals surface area contributed by atoms with Gasteiger partial charge in [-0.1, -0.05) is 0 Å². The predicted molar refractivity (Wildman–Crippen MR) is 51.3 cm³/mol. The van der Waals surface area contributed by atoms with E-state index in [0.29, 0.717) is 5.92 Å². The van der Waals surface area contributed by atoms with Gasteiger partial charge in [0.05, 0.1) is 5.60 Å². The molecule has 0 amide bonds. The van der Waals surface area contributed by atoms with Crippen LogP contribution in [0.15, 0.2) is 0 Å². The third-order valence-corrected chi connectivity index (χ3v) is 3.25. The van der Waals surface area contributed by atoms with Crippen molar-refractivity contribution < 1.29 is 4.74 Å². The topological polar surface area (TPSA) is 21.3 Å². The lowest BCUT2D eigenvalue weighted by molar-refractivity contribution is -0.0442. The molecule has 72 valence electrons. The van der Waals surface area contributed by atoms with Crippen LogP contribution in [0.4, 0.5) is 0 Å². The summed E-state index contributed by atoms with van der Waals surface area (Å²) in [4.78, 5) is 0. The molecule has 2 heteroatoms. The third kappa shape index (κ3) is 1.64. The summed E-state index contributed by atoms with van der Waals surface area (Å²) in [6.45, 7) is 9.97. The normalized spacial score (nSPS) is 29.2. The minimum atomic E-state index is -0.00694. The number of methoxy groups -OCH3 is 1. The van der Waals surface area contributed by atoms with Crippen LogP contribution in [0, 0.1) is 5.92 Å². The molecular formula is C10H21NO. The molecule has 0 spiro atoms. The Hall–Kier alpha value is -0.0800. The van der Waals surface area contributed by atoms with Crippen molar-refractivity contribution in [3.8, 4) is 0 Å². The molecule has 1 aliphatic rings. The Labute approximate surface area is 75.7 Å². The summed E-state index contributed by atoms with van der Waals surface area (Å²) in [6, 6.07) is 0. The number of nitrogens with one attached hydrogen (secondary N) is 1. The smallest absolute Gasteiger partial charge is 0.0668 e. The monoisotopic (exact) mass is 171 g/mol. The van der Waals surface area contributed by atoms with Crippen molar-refractivity contribution in [2.45, 2.75) is 45.3 Å². The Morgan fingerprint density at radius 3 is 2.33 bits per heavy atom. The quantitative estimate of drug-likeness (QED) is 0.684. The van der Waals surface area contributed by atoms with E-state index in [1.807, 2.05) is 0 Å². The van der Waals surface area contributed by atoms with Gasteiger partial charge < -0.3 is 10.1 Å². The molecule has 0 aliphatic carbocycles. The van der Waals surface area contributed by atoms with Gasteiger partial charge in [0.1, 0.15) is 0 Å². The Morgan fingerprint density at radius 2 is 2.00 bits per heavy atom. The molecule has 1 atom stereocenters. The Morgan fingerprint density at radius 1 is 1.42 bits per heavy atom. The molecule has 0 aromatic carbocycles. The molecule has 0 aromatic rings. The fraction of sp³-hybridized carbons (Fsp3) is 1.00. The van der Waals surface area contributed by atoms with Gasteiger partial charge in [0.25, 0.3) is 0 Å². The maximum Gasteiger partial charge on any atom is 0.0668 e. The second-order valence-electron chi connectivity index (χ2n) is 4.80. The van der Waals surface area contributed by atoms with E-state index in [-0.39, 0.29) is 11.1 Å². The van der Waals surface area contributed by atoms with Crippen molar-refractivity contribution in [3.05, 3.63) is 0 Å². The van der Waals surface area contributed by atoms with Crippen LogP contribution in [0.25, 0.3) is 0 Å². The van der Waals surface area contributed by atoms with Crippen LogP contribution in [0.1, 0.15) is 34.1 Å². The van der Waals surface area contributed by atoms with E-state index in [2.05, 4.69) is 33.0 Å². The van der Waals surface area contributed by atoms with E-state index < -0.39 is 0 Å². The summed E-state index contributed by atoms with van der Waals surface area (Å²) in [5.74, 6) is 0.606. The zero-order valence-corrected chi connectivity index (χ0v) is 8.90. The van der Waals surface area contributed by atoms with Gasteiger partial charge in [-0.15, -0.1) is 0 Å². The lowest BCUT2D eigenvalue weighted by Crippen LogP contribution is -2.48. The average molecular weight is 171 g/mol. The second-order valence-corrected chi connectivity index (χ2v) is 4.80. The van der Waals surface area contributed by atoms with E-state index in [0.717, 1.165) is 6.54 Å². The maximum atomic E-state index is 5.52. The third-order valence-electron chi connectivity index (χ3n) is 3.25. The highest BCUT2D eigenvalue weighted by molar-refractivity contribution is 5.00. The van der Waals surface area contributed by atoms with E-state index in [4.69, 9.17) is 4.74 Å². The first-order valence-corrected chi connectivity index (χ1v) is 4.70. The van der Waals surface area contributed by atoms with E-state index in [9.17, 15) is 0 Å². The summed E-state index contributed by atoms with van der Waals surface area (Å²) in [6.07, 6.45) is 1.22. The number of rotatable bonds is 2. The molecule has 12 heavy (non-hydrogen) atoms. The number of ether oxygens (including phenoxy) is 1. The van der Waals surface area contributed by atoms with Gasteiger partial charge >= 0.3 is 0 Å². The minimum Gasteiger partial charge on any atom is -0.378 e. The Balaban J connectivity index is 2.74. The summed E-state index contributed by atoms with van der Waals surface area (Å²) in [5, 5.41) is 3.51.